The van der Waals surface area contributed by atoms with Gasteiger partial charge in [0.15, 0.2) is 0 Å². The van der Waals surface area contributed by atoms with E-state index in [-0.39, 0.29) is 30.4 Å². The summed E-state index contributed by atoms with van der Waals surface area (Å²) in [4.78, 5) is 25.3. The van der Waals surface area contributed by atoms with Gasteiger partial charge >= 0.3 is 5.97 Å². The normalized spacial score (nSPS) is 20.1. The number of hydrazone groups is 1. The van der Waals surface area contributed by atoms with Crippen molar-refractivity contribution in [3.63, 3.8) is 0 Å². The van der Waals surface area contributed by atoms with Crippen LogP contribution in [0.5, 0.6) is 0 Å². The molecule has 4 rings (SSSR count). The number of benzene rings is 2. The van der Waals surface area contributed by atoms with Gasteiger partial charge in [0, 0.05) is 24.0 Å². The SMILES string of the molecule is CCOC(=O)CC1CCCN1NC(=O)C1=NN(c2ccc(Cl)cc2Cl)C(c2ccc(C(C)C)cc2)C1. The van der Waals surface area contributed by atoms with Gasteiger partial charge in [-0.1, -0.05) is 61.3 Å². The zero-order chi connectivity index (χ0) is 25.8. The van der Waals surface area contributed by atoms with Crippen molar-refractivity contribution >= 4 is 46.5 Å². The predicted molar refractivity (Wildman–Crippen MR) is 143 cm³/mol. The van der Waals surface area contributed by atoms with Crippen LogP contribution in [0.2, 0.25) is 10.0 Å². The minimum Gasteiger partial charge on any atom is -0.466 e. The maximum absolute atomic E-state index is 13.3. The van der Waals surface area contributed by atoms with Crippen LogP contribution in [0, 0.1) is 0 Å². The highest BCUT2D eigenvalue weighted by atomic mass is 35.5. The number of ether oxygens (including phenoxy) is 1. The number of nitrogens with zero attached hydrogens (tertiary/aromatic N) is 3. The Morgan fingerprint density at radius 3 is 2.58 bits per heavy atom. The van der Waals surface area contributed by atoms with Gasteiger partial charge in [-0.2, -0.15) is 5.10 Å². The monoisotopic (exact) mass is 530 g/mol. The van der Waals surface area contributed by atoms with E-state index >= 15 is 0 Å². The van der Waals surface area contributed by atoms with Gasteiger partial charge in [-0.15, -0.1) is 0 Å². The smallest absolute Gasteiger partial charge is 0.307 e. The molecule has 2 aliphatic rings. The topological polar surface area (TPSA) is 74.2 Å². The molecule has 2 aliphatic heterocycles. The number of hydrazine groups is 1. The van der Waals surface area contributed by atoms with Gasteiger partial charge in [0.2, 0.25) is 0 Å². The van der Waals surface area contributed by atoms with Crippen molar-refractivity contribution in [2.24, 2.45) is 5.10 Å². The molecule has 1 fully saturated rings. The zero-order valence-corrected chi connectivity index (χ0v) is 22.4. The van der Waals surface area contributed by atoms with Gasteiger partial charge in [0.05, 0.1) is 29.8 Å². The van der Waals surface area contributed by atoms with Gasteiger partial charge in [-0.25, -0.2) is 5.01 Å². The Hall–Kier alpha value is -2.61. The van der Waals surface area contributed by atoms with Crippen molar-refractivity contribution in [3.8, 4) is 0 Å². The first-order chi connectivity index (χ1) is 17.3. The lowest BCUT2D eigenvalue weighted by Gasteiger charge is -2.25. The Kier molecular flexibility index (Phi) is 8.54. The van der Waals surface area contributed by atoms with Crippen LogP contribution in [0.3, 0.4) is 0 Å². The summed E-state index contributed by atoms with van der Waals surface area (Å²) < 4.78 is 5.10. The first kappa shape index (κ1) is 26.5. The number of rotatable bonds is 8. The summed E-state index contributed by atoms with van der Waals surface area (Å²) in [7, 11) is 0. The molecule has 0 saturated carbocycles. The number of nitrogens with one attached hydrogen (secondary N) is 1. The van der Waals surface area contributed by atoms with Crippen molar-refractivity contribution < 1.29 is 14.3 Å². The largest absolute Gasteiger partial charge is 0.466 e. The van der Waals surface area contributed by atoms with Crippen molar-refractivity contribution in [2.75, 3.05) is 18.2 Å². The lowest BCUT2D eigenvalue weighted by atomic mass is 9.96. The molecule has 0 bridgehead atoms. The van der Waals surface area contributed by atoms with E-state index < -0.39 is 0 Å². The Morgan fingerprint density at radius 1 is 1.17 bits per heavy atom. The van der Waals surface area contributed by atoms with Crippen LogP contribution in [0.4, 0.5) is 5.69 Å². The highest BCUT2D eigenvalue weighted by molar-refractivity contribution is 6.40. The molecular weight excluding hydrogens is 499 g/mol. The molecule has 0 aromatic heterocycles. The molecule has 1 amide bonds. The van der Waals surface area contributed by atoms with E-state index in [1.165, 1.54) is 5.56 Å². The fraction of sp³-hybridized carbons (Fsp3) is 0.444. The van der Waals surface area contributed by atoms with Crippen LogP contribution < -0.4 is 10.4 Å². The maximum Gasteiger partial charge on any atom is 0.307 e. The van der Waals surface area contributed by atoms with Gasteiger partial charge in [0.25, 0.3) is 5.91 Å². The van der Waals surface area contributed by atoms with E-state index in [0.717, 1.165) is 18.4 Å². The summed E-state index contributed by atoms with van der Waals surface area (Å²) in [5, 5.41) is 9.35. The van der Waals surface area contributed by atoms with Crippen LogP contribution in [0.1, 0.15) is 69.5 Å². The predicted octanol–water partition coefficient (Wildman–Crippen LogP) is 5.87. The minimum atomic E-state index is -0.276. The third-order valence-electron chi connectivity index (χ3n) is 6.65. The van der Waals surface area contributed by atoms with Crippen molar-refractivity contribution in [1.82, 2.24) is 10.4 Å². The lowest BCUT2D eigenvalue weighted by Crippen LogP contribution is -2.48. The molecule has 7 nitrogen and oxygen atoms in total. The number of anilines is 1. The molecule has 36 heavy (non-hydrogen) atoms. The molecule has 1 N–H and O–H groups in total. The standard InChI is InChI=1S/C27H32Cl2N4O3/c1-4-36-26(34)15-21-6-5-13-32(21)31-27(35)23-16-25(19-9-7-18(8-10-19)17(2)3)33(30-23)24-12-11-20(28)14-22(24)29/h7-12,14,17,21,25H,4-6,13,15-16H2,1-3H3,(H,31,35). The number of hydrogen-bond acceptors (Lipinski definition) is 6. The highest BCUT2D eigenvalue weighted by Gasteiger charge is 2.36. The molecule has 1 saturated heterocycles. The van der Waals surface area contributed by atoms with E-state index in [1.807, 2.05) is 11.1 Å². The number of hydrogen-bond donors (Lipinski definition) is 1. The van der Waals surface area contributed by atoms with E-state index in [4.69, 9.17) is 33.0 Å². The van der Waals surface area contributed by atoms with Crippen LogP contribution >= 0.6 is 23.2 Å². The molecule has 2 aromatic carbocycles. The third-order valence-corrected chi connectivity index (χ3v) is 7.18. The zero-order valence-electron chi connectivity index (χ0n) is 20.8. The molecule has 0 spiro atoms. The first-order valence-corrected chi connectivity index (χ1v) is 13.2. The Bertz CT molecular complexity index is 1140. The fourth-order valence-electron chi connectivity index (χ4n) is 4.70. The molecule has 192 valence electrons. The van der Waals surface area contributed by atoms with Gasteiger partial charge in [0.1, 0.15) is 5.71 Å². The van der Waals surface area contributed by atoms with Crippen molar-refractivity contribution in [3.05, 3.63) is 63.6 Å². The van der Waals surface area contributed by atoms with Gasteiger partial charge < -0.3 is 4.74 Å². The molecule has 0 radical (unpaired) electrons. The molecule has 2 atom stereocenters. The van der Waals surface area contributed by atoms with E-state index in [2.05, 4.69) is 43.5 Å². The molecule has 0 aliphatic carbocycles. The highest BCUT2D eigenvalue weighted by Crippen LogP contribution is 2.40. The number of carbonyl (C=O) groups excluding carboxylic acids is 2. The average molecular weight is 531 g/mol. The van der Waals surface area contributed by atoms with Crippen molar-refractivity contribution in [2.45, 2.75) is 64.5 Å². The second-order valence-corrected chi connectivity index (χ2v) is 10.3. The van der Waals surface area contributed by atoms with Crippen LogP contribution in [-0.4, -0.2) is 41.8 Å². The summed E-state index contributed by atoms with van der Waals surface area (Å²) in [6.45, 7) is 7.12. The fourth-order valence-corrected chi connectivity index (χ4v) is 5.20. The lowest BCUT2D eigenvalue weighted by molar-refractivity contribution is -0.145. The summed E-state index contributed by atoms with van der Waals surface area (Å²) >= 11 is 12.7. The summed E-state index contributed by atoms with van der Waals surface area (Å²) in [6, 6.07) is 13.4. The number of halogens is 2. The molecule has 2 aromatic rings. The quantitative estimate of drug-likeness (QED) is 0.431. The summed E-state index contributed by atoms with van der Waals surface area (Å²) in [5.74, 6) is -0.109. The Morgan fingerprint density at radius 2 is 1.92 bits per heavy atom. The van der Waals surface area contributed by atoms with Crippen LogP contribution in [0.25, 0.3) is 0 Å². The first-order valence-electron chi connectivity index (χ1n) is 12.4. The average Bonchev–Trinajstić information content (AvgIpc) is 3.46. The third kappa shape index (κ3) is 6.02. The Labute approximate surface area is 222 Å². The summed E-state index contributed by atoms with van der Waals surface area (Å²) in [6.07, 6.45) is 2.39. The minimum absolute atomic E-state index is 0.0869. The second kappa shape index (κ2) is 11.6. The summed E-state index contributed by atoms with van der Waals surface area (Å²) in [5.41, 5.74) is 6.36. The van der Waals surface area contributed by atoms with Gasteiger partial charge in [-0.05, 0) is 55.0 Å². The van der Waals surface area contributed by atoms with E-state index in [9.17, 15) is 9.59 Å². The van der Waals surface area contributed by atoms with Gasteiger partial charge in [-0.3, -0.25) is 20.0 Å². The van der Waals surface area contributed by atoms with Crippen molar-refractivity contribution in [1.29, 1.82) is 0 Å². The number of carbonyl (C=O) groups is 2. The molecule has 2 heterocycles. The van der Waals surface area contributed by atoms with Crippen LogP contribution in [0.15, 0.2) is 47.6 Å². The second-order valence-electron chi connectivity index (χ2n) is 9.47. The van der Waals surface area contributed by atoms with E-state index in [1.54, 1.807) is 24.1 Å². The molecular formula is C27H32Cl2N4O3. The maximum atomic E-state index is 13.3. The van der Waals surface area contributed by atoms with Crippen LogP contribution in [-0.2, 0) is 14.3 Å². The number of esters is 1. The Balaban J connectivity index is 1.56. The number of amides is 1. The van der Waals surface area contributed by atoms with E-state index in [0.29, 0.717) is 46.9 Å². The molecule has 2 unspecified atom stereocenters. The molecule has 9 heteroatoms.